The molecule has 0 aliphatic carbocycles. The van der Waals surface area contributed by atoms with Gasteiger partial charge in [-0.1, -0.05) is 15.9 Å². The number of halogens is 1. The van der Waals surface area contributed by atoms with E-state index in [0.717, 1.165) is 16.5 Å². The van der Waals surface area contributed by atoms with Crippen molar-refractivity contribution in [3.05, 3.63) is 28.2 Å². The smallest absolute Gasteiger partial charge is 0.178 e. The summed E-state index contributed by atoms with van der Waals surface area (Å²) in [6.45, 7) is 0. The molecule has 0 fully saturated rings. The maximum atomic E-state index is 12.0. The van der Waals surface area contributed by atoms with Crippen molar-refractivity contribution in [1.82, 2.24) is 5.32 Å². The number of benzene rings is 1. The molecule has 1 atom stereocenters. The lowest BCUT2D eigenvalue weighted by atomic mass is 10.0. The van der Waals surface area contributed by atoms with Gasteiger partial charge in [-0.05, 0) is 43.7 Å². The van der Waals surface area contributed by atoms with E-state index in [0.29, 0.717) is 11.3 Å². The number of rotatable bonds is 1. The first kappa shape index (κ1) is 12.1. The van der Waals surface area contributed by atoms with Crippen LogP contribution in [0.15, 0.2) is 27.6 Å². The minimum Gasteiger partial charge on any atom is -0.313 e. The number of hydrogen-bond acceptors (Lipinski definition) is 3. The minimum absolute atomic E-state index is 0.129. The second kappa shape index (κ2) is 4.47. The molecule has 1 aromatic carbocycles. The summed E-state index contributed by atoms with van der Waals surface area (Å²) in [6.07, 6.45) is 1.57. The summed E-state index contributed by atoms with van der Waals surface area (Å²) >= 11 is 3.39. The van der Waals surface area contributed by atoms with Crippen LogP contribution in [0.5, 0.6) is 0 Å². The highest BCUT2D eigenvalue weighted by Gasteiger charge is 2.26. The Hall–Kier alpha value is -0.390. The predicted octanol–water partition coefficient (Wildman–Crippen LogP) is 2.28. The Labute approximate surface area is 104 Å². The van der Waals surface area contributed by atoms with E-state index in [2.05, 4.69) is 21.2 Å². The number of fused-ring (bicyclic) bond motifs is 1. The lowest BCUT2D eigenvalue weighted by Gasteiger charge is -2.16. The van der Waals surface area contributed by atoms with Crippen molar-refractivity contribution < 1.29 is 8.42 Å². The second-order valence-electron chi connectivity index (χ2n) is 3.98. The summed E-state index contributed by atoms with van der Waals surface area (Å²) in [7, 11) is -1.23. The van der Waals surface area contributed by atoms with Crippen LogP contribution in [0.3, 0.4) is 0 Å². The van der Waals surface area contributed by atoms with Crippen LogP contribution in [-0.2, 0) is 9.84 Å². The van der Waals surface area contributed by atoms with Gasteiger partial charge in [0.05, 0.1) is 10.6 Å². The fraction of sp³-hybridized carbons (Fsp3) is 0.455. The van der Waals surface area contributed by atoms with Gasteiger partial charge in [0.1, 0.15) is 0 Å². The molecule has 0 bridgehead atoms. The molecule has 1 unspecified atom stereocenters. The van der Waals surface area contributed by atoms with Gasteiger partial charge in [0.15, 0.2) is 9.84 Å². The topological polar surface area (TPSA) is 46.2 Å². The van der Waals surface area contributed by atoms with Crippen LogP contribution in [0, 0.1) is 0 Å². The molecule has 5 heteroatoms. The number of sulfone groups is 1. The third-order valence-electron chi connectivity index (χ3n) is 2.94. The van der Waals surface area contributed by atoms with E-state index in [-0.39, 0.29) is 11.8 Å². The highest BCUT2D eigenvalue weighted by atomic mass is 79.9. The molecular weight excluding hydrogens is 290 g/mol. The van der Waals surface area contributed by atoms with E-state index in [1.54, 1.807) is 12.1 Å². The predicted molar refractivity (Wildman–Crippen MR) is 67.2 cm³/mol. The largest absolute Gasteiger partial charge is 0.313 e. The molecule has 1 heterocycles. The molecule has 0 amide bonds. The van der Waals surface area contributed by atoms with Crippen molar-refractivity contribution in [2.24, 2.45) is 0 Å². The third-order valence-corrected chi connectivity index (χ3v) is 5.30. The number of hydrogen-bond donors (Lipinski definition) is 1. The van der Waals surface area contributed by atoms with Crippen molar-refractivity contribution in [3.8, 4) is 0 Å². The zero-order chi connectivity index (χ0) is 11.8. The molecule has 1 aliphatic rings. The molecule has 0 saturated heterocycles. The number of nitrogens with one attached hydrogen (secondary N) is 1. The van der Waals surface area contributed by atoms with Crippen LogP contribution in [0.4, 0.5) is 0 Å². The highest BCUT2D eigenvalue weighted by Crippen LogP contribution is 2.32. The van der Waals surface area contributed by atoms with Gasteiger partial charge in [0, 0.05) is 10.5 Å². The molecular formula is C11H14BrNO2S. The van der Waals surface area contributed by atoms with Crippen molar-refractivity contribution >= 4 is 25.8 Å². The van der Waals surface area contributed by atoms with E-state index >= 15 is 0 Å². The molecule has 16 heavy (non-hydrogen) atoms. The van der Waals surface area contributed by atoms with Crippen molar-refractivity contribution in [2.75, 3.05) is 12.8 Å². The Morgan fingerprint density at radius 2 is 2.19 bits per heavy atom. The van der Waals surface area contributed by atoms with Gasteiger partial charge in [0.25, 0.3) is 0 Å². The molecule has 0 radical (unpaired) electrons. The summed E-state index contributed by atoms with van der Waals surface area (Å²) in [6, 6.07) is 5.52. The van der Waals surface area contributed by atoms with E-state index in [4.69, 9.17) is 0 Å². The molecule has 0 saturated carbocycles. The summed E-state index contributed by atoms with van der Waals surface area (Å²) in [5.41, 5.74) is 0.884. The lowest BCUT2D eigenvalue weighted by Crippen LogP contribution is -2.16. The Bertz CT molecular complexity index is 499. The maximum absolute atomic E-state index is 12.0. The Balaban J connectivity index is 2.64. The Morgan fingerprint density at radius 3 is 2.88 bits per heavy atom. The van der Waals surface area contributed by atoms with E-state index in [1.165, 1.54) is 0 Å². The quantitative estimate of drug-likeness (QED) is 0.866. The summed E-state index contributed by atoms with van der Waals surface area (Å²) in [4.78, 5) is 0.479. The SMILES string of the molecule is CNC1CCCS(=O)(=O)c2ccc(Br)cc21. The monoisotopic (exact) mass is 303 g/mol. The lowest BCUT2D eigenvalue weighted by molar-refractivity contribution is 0.540. The molecule has 1 N–H and O–H groups in total. The van der Waals surface area contributed by atoms with E-state index < -0.39 is 9.84 Å². The molecule has 0 aromatic heterocycles. The van der Waals surface area contributed by atoms with Crippen molar-refractivity contribution in [2.45, 2.75) is 23.8 Å². The van der Waals surface area contributed by atoms with Crippen LogP contribution in [0.25, 0.3) is 0 Å². The second-order valence-corrected chi connectivity index (χ2v) is 6.98. The van der Waals surface area contributed by atoms with Crippen molar-refractivity contribution in [3.63, 3.8) is 0 Å². The molecule has 2 rings (SSSR count). The fourth-order valence-corrected chi connectivity index (χ4v) is 4.10. The minimum atomic E-state index is -3.10. The zero-order valence-electron chi connectivity index (χ0n) is 9.03. The van der Waals surface area contributed by atoms with Crippen LogP contribution in [-0.4, -0.2) is 21.2 Å². The first-order valence-electron chi connectivity index (χ1n) is 5.24. The van der Waals surface area contributed by atoms with Crippen LogP contribution < -0.4 is 5.32 Å². The van der Waals surface area contributed by atoms with Gasteiger partial charge >= 0.3 is 0 Å². The van der Waals surface area contributed by atoms with Crippen molar-refractivity contribution in [1.29, 1.82) is 0 Å². The molecule has 0 spiro atoms. The average Bonchev–Trinajstić information content (AvgIpc) is 2.35. The zero-order valence-corrected chi connectivity index (χ0v) is 11.4. The molecule has 3 nitrogen and oxygen atoms in total. The maximum Gasteiger partial charge on any atom is 0.178 e. The van der Waals surface area contributed by atoms with Crippen LogP contribution >= 0.6 is 15.9 Å². The van der Waals surface area contributed by atoms with Gasteiger partial charge in [-0.25, -0.2) is 8.42 Å². The summed E-state index contributed by atoms with van der Waals surface area (Å²) < 4.78 is 25.0. The Morgan fingerprint density at radius 1 is 1.44 bits per heavy atom. The molecule has 1 aromatic rings. The fourth-order valence-electron chi connectivity index (χ4n) is 2.12. The highest BCUT2D eigenvalue weighted by molar-refractivity contribution is 9.10. The normalized spacial score (nSPS) is 23.5. The summed E-state index contributed by atoms with van der Waals surface area (Å²) in [5, 5.41) is 3.18. The standard InChI is InChI=1S/C11H14BrNO2S/c1-13-10-3-2-6-16(14,15)11-5-4-8(12)7-9(10)11/h4-5,7,10,13H,2-3,6H2,1H3. The van der Waals surface area contributed by atoms with Crippen LogP contribution in [0.2, 0.25) is 0 Å². The van der Waals surface area contributed by atoms with E-state index in [9.17, 15) is 8.42 Å². The third kappa shape index (κ3) is 2.17. The van der Waals surface area contributed by atoms with Gasteiger partial charge in [0.2, 0.25) is 0 Å². The average molecular weight is 304 g/mol. The van der Waals surface area contributed by atoms with Crippen LogP contribution in [0.1, 0.15) is 24.4 Å². The molecule has 1 aliphatic heterocycles. The molecule has 88 valence electrons. The van der Waals surface area contributed by atoms with Gasteiger partial charge in [-0.2, -0.15) is 0 Å². The van der Waals surface area contributed by atoms with Gasteiger partial charge in [-0.15, -0.1) is 0 Å². The Kier molecular flexibility index (Phi) is 3.37. The van der Waals surface area contributed by atoms with Gasteiger partial charge < -0.3 is 5.32 Å². The summed E-state index contributed by atoms with van der Waals surface area (Å²) in [5.74, 6) is 0.250. The van der Waals surface area contributed by atoms with E-state index in [1.807, 2.05) is 13.1 Å². The first-order chi connectivity index (χ1) is 7.54. The first-order valence-corrected chi connectivity index (χ1v) is 7.68. The van der Waals surface area contributed by atoms with Gasteiger partial charge in [-0.3, -0.25) is 0 Å².